The Hall–Kier alpha value is -1.46. The van der Waals surface area contributed by atoms with Crippen LogP contribution in [0.3, 0.4) is 0 Å². The van der Waals surface area contributed by atoms with E-state index in [1.807, 2.05) is 29.6 Å². The van der Waals surface area contributed by atoms with Gasteiger partial charge in [-0.1, -0.05) is 43.3 Å². The van der Waals surface area contributed by atoms with E-state index in [1.165, 1.54) is 0 Å². The van der Waals surface area contributed by atoms with Crippen LogP contribution in [-0.2, 0) is 0 Å². The zero-order chi connectivity index (χ0) is 14.2. The summed E-state index contributed by atoms with van der Waals surface area (Å²) in [6.45, 7) is 0. The van der Waals surface area contributed by atoms with Gasteiger partial charge in [-0.25, -0.2) is 0 Å². The smallest absolute Gasteiger partial charge is 0.253 e. The molecule has 0 atom stereocenters. The Morgan fingerprint density at radius 3 is 2.70 bits per heavy atom. The maximum atomic E-state index is 12.6. The molecule has 5 heteroatoms. The third kappa shape index (κ3) is 2.21. The van der Waals surface area contributed by atoms with Crippen LogP contribution in [0.5, 0.6) is 0 Å². The van der Waals surface area contributed by atoms with Gasteiger partial charge in [0.1, 0.15) is 0 Å². The van der Waals surface area contributed by atoms with Crippen LogP contribution in [0.4, 0.5) is 0 Å². The van der Waals surface area contributed by atoms with E-state index >= 15 is 0 Å². The molecule has 0 saturated heterocycles. The molecule has 1 aromatic carbocycles. The Labute approximate surface area is 127 Å². The Morgan fingerprint density at radius 2 is 2.00 bits per heavy atom. The third-order valence-corrected chi connectivity index (χ3v) is 5.36. The average molecular weight is 304 g/mol. The van der Waals surface area contributed by atoms with Crippen LogP contribution in [0.1, 0.15) is 36.0 Å². The predicted octanol–water partition coefficient (Wildman–Crippen LogP) is 3.23. The highest BCUT2D eigenvalue weighted by atomic mass is 32.1. The van der Waals surface area contributed by atoms with E-state index in [1.54, 1.807) is 11.3 Å². The fraction of sp³-hybridized carbons (Fsp3) is 0.333. The lowest BCUT2D eigenvalue weighted by molar-refractivity contribution is 0.0926. The van der Waals surface area contributed by atoms with Gasteiger partial charge >= 0.3 is 0 Å². The molecule has 3 rings (SSSR count). The molecular formula is C15H16N2OS2. The number of carbonyl (C=O) groups is 1. The average Bonchev–Trinajstić information content (AvgIpc) is 3.05. The van der Waals surface area contributed by atoms with Crippen molar-refractivity contribution in [2.75, 3.05) is 0 Å². The molecule has 2 aromatic rings. The maximum absolute atomic E-state index is 12.6. The van der Waals surface area contributed by atoms with Gasteiger partial charge in [0.25, 0.3) is 5.91 Å². The number of benzene rings is 1. The van der Waals surface area contributed by atoms with E-state index in [0.29, 0.717) is 10.6 Å². The summed E-state index contributed by atoms with van der Waals surface area (Å²) in [5, 5.41) is 5.98. The largest absolute Gasteiger partial charge is 0.391 e. The summed E-state index contributed by atoms with van der Waals surface area (Å²) in [4.78, 5) is 13.0. The first-order chi connectivity index (χ1) is 9.62. The molecule has 3 N–H and O–H groups in total. The van der Waals surface area contributed by atoms with Gasteiger partial charge in [0.05, 0.1) is 16.1 Å². The first kappa shape index (κ1) is 13.5. The number of hydrogen-bond acceptors (Lipinski definition) is 3. The van der Waals surface area contributed by atoms with Crippen LogP contribution in [0.2, 0.25) is 0 Å². The number of amides is 1. The Balaban J connectivity index is 1.91. The molecule has 1 fully saturated rings. The zero-order valence-electron chi connectivity index (χ0n) is 11.0. The highest BCUT2D eigenvalue weighted by Crippen LogP contribution is 2.32. The van der Waals surface area contributed by atoms with Gasteiger partial charge in [-0.15, -0.1) is 11.3 Å². The second-order valence-electron chi connectivity index (χ2n) is 5.25. The van der Waals surface area contributed by atoms with Crippen LogP contribution in [0.15, 0.2) is 29.6 Å². The highest BCUT2D eigenvalue weighted by molar-refractivity contribution is 7.80. The van der Waals surface area contributed by atoms with Gasteiger partial charge in [-0.3, -0.25) is 4.79 Å². The van der Waals surface area contributed by atoms with Gasteiger partial charge in [-0.05, 0) is 18.9 Å². The van der Waals surface area contributed by atoms with Gasteiger partial charge in [-0.2, -0.15) is 0 Å². The summed E-state index contributed by atoms with van der Waals surface area (Å²) in [7, 11) is 0. The first-order valence-electron chi connectivity index (χ1n) is 6.71. The van der Waals surface area contributed by atoms with Crippen LogP contribution >= 0.6 is 23.6 Å². The van der Waals surface area contributed by atoms with Crippen molar-refractivity contribution < 1.29 is 4.79 Å². The molecule has 0 unspecified atom stereocenters. The summed E-state index contributed by atoms with van der Waals surface area (Å²) in [6, 6.07) is 7.93. The minimum Gasteiger partial charge on any atom is -0.391 e. The van der Waals surface area contributed by atoms with Crippen LogP contribution in [-0.4, -0.2) is 16.4 Å². The van der Waals surface area contributed by atoms with Crippen LogP contribution < -0.4 is 11.1 Å². The Morgan fingerprint density at radius 1 is 1.30 bits per heavy atom. The maximum Gasteiger partial charge on any atom is 0.253 e. The molecule has 1 amide bonds. The normalized spacial score (nSPS) is 17.2. The standard InChI is InChI=1S/C15H16N2OS2/c16-14(19)15(7-3-4-8-15)17-13(18)11-9-20-12-6-2-1-5-10(11)12/h1-2,5-6,9H,3-4,7-8H2,(H2,16,19)(H,17,18). The van der Waals surface area contributed by atoms with Gasteiger partial charge in [0.15, 0.2) is 0 Å². The molecule has 0 aliphatic heterocycles. The van der Waals surface area contributed by atoms with E-state index in [2.05, 4.69) is 5.32 Å². The molecule has 1 aromatic heterocycles. The van der Waals surface area contributed by atoms with Crippen molar-refractivity contribution in [2.24, 2.45) is 5.73 Å². The number of nitrogens with one attached hydrogen (secondary N) is 1. The van der Waals surface area contributed by atoms with Gasteiger partial charge in [0.2, 0.25) is 0 Å². The number of thiophene rings is 1. The number of thiocarbonyl (C=S) groups is 1. The van der Waals surface area contributed by atoms with Crippen molar-refractivity contribution in [3.8, 4) is 0 Å². The van der Waals surface area contributed by atoms with Crippen LogP contribution in [0, 0.1) is 0 Å². The van der Waals surface area contributed by atoms with E-state index < -0.39 is 5.54 Å². The third-order valence-electron chi connectivity index (χ3n) is 4.01. The number of rotatable bonds is 3. The number of fused-ring (bicyclic) bond motifs is 1. The fourth-order valence-corrected chi connectivity index (χ4v) is 4.05. The Bertz CT molecular complexity index is 671. The lowest BCUT2D eigenvalue weighted by atomic mass is 9.97. The topological polar surface area (TPSA) is 55.1 Å². The fourth-order valence-electron chi connectivity index (χ4n) is 2.85. The van der Waals surface area contributed by atoms with Crippen molar-refractivity contribution in [2.45, 2.75) is 31.2 Å². The van der Waals surface area contributed by atoms with Crippen molar-refractivity contribution in [3.63, 3.8) is 0 Å². The highest BCUT2D eigenvalue weighted by Gasteiger charge is 2.38. The van der Waals surface area contributed by atoms with Crippen molar-refractivity contribution in [3.05, 3.63) is 35.2 Å². The molecule has 0 bridgehead atoms. The van der Waals surface area contributed by atoms with E-state index in [9.17, 15) is 4.79 Å². The lowest BCUT2D eigenvalue weighted by Crippen LogP contribution is -2.54. The molecule has 1 heterocycles. The molecule has 1 aliphatic rings. The predicted molar refractivity (Wildman–Crippen MR) is 87.3 cm³/mol. The monoisotopic (exact) mass is 304 g/mol. The van der Waals surface area contributed by atoms with Crippen molar-refractivity contribution >= 4 is 44.5 Å². The molecule has 1 saturated carbocycles. The SMILES string of the molecule is NC(=S)C1(NC(=O)c2csc3ccccc23)CCCC1. The van der Waals surface area contributed by atoms with Crippen LogP contribution in [0.25, 0.3) is 10.1 Å². The van der Waals surface area contributed by atoms with Gasteiger partial charge < -0.3 is 11.1 Å². The Kier molecular flexibility index (Phi) is 3.48. The van der Waals surface area contributed by atoms with E-state index in [-0.39, 0.29) is 5.91 Å². The second kappa shape index (κ2) is 5.14. The molecule has 0 radical (unpaired) electrons. The van der Waals surface area contributed by atoms with E-state index in [4.69, 9.17) is 18.0 Å². The molecule has 104 valence electrons. The molecule has 20 heavy (non-hydrogen) atoms. The first-order valence-corrected chi connectivity index (χ1v) is 8.00. The van der Waals surface area contributed by atoms with Crippen molar-refractivity contribution in [1.82, 2.24) is 5.32 Å². The summed E-state index contributed by atoms with van der Waals surface area (Å²) in [6.07, 6.45) is 3.80. The summed E-state index contributed by atoms with van der Waals surface area (Å²) >= 11 is 6.76. The number of hydrogen-bond donors (Lipinski definition) is 2. The quantitative estimate of drug-likeness (QED) is 0.856. The number of carbonyl (C=O) groups excluding carboxylic acids is 1. The minimum atomic E-state index is -0.491. The number of nitrogens with two attached hydrogens (primary N) is 1. The summed E-state index contributed by atoms with van der Waals surface area (Å²) in [5.74, 6) is -0.0721. The molecular weight excluding hydrogens is 288 g/mol. The van der Waals surface area contributed by atoms with E-state index in [0.717, 1.165) is 35.8 Å². The summed E-state index contributed by atoms with van der Waals surface area (Å²) < 4.78 is 1.12. The molecule has 3 nitrogen and oxygen atoms in total. The zero-order valence-corrected chi connectivity index (χ0v) is 12.7. The minimum absolute atomic E-state index is 0.0721. The lowest BCUT2D eigenvalue weighted by Gasteiger charge is -2.29. The summed E-state index contributed by atoms with van der Waals surface area (Å²) in [5.41, 5.74) is 6.09. The molecule has 0 spiro atoms. The molecule has 1 aliphatic carbocycles. The van der Waals surface area contributed by atoms with Gasteiger partial charge in [0, 0.05) is 15.5 Å². The van der Waals surface area contributed by atoms with Crippen molar-refractivity contribution in [1.29, 1.82) is 0 Å². The second-order valence-corrected chi connectivity index (χ2v) is 6.60.